The smallest absolute Gasteiger partial charge is 0.378 e. The number of nitrogens with zero attached hydrogens (tertiary/aromatic N) is 4. The molecule has 3 rings (SSSR count). The molecule has 3 aromatic rings. The van der Waals surface area contributed by atoms with E-state index in [9.17, 15) is 14.0 Å². The van der Waals surface area contributed by atoms with Crippen LogP contribution in [0.5, 0.6) is 5.75 Å². The molecule has 0 N–H and O–H groups in total. The average Bonchev–Trinajstić information content (AvgIpc) is 3.03. The summed E-state index contributed by atoms with van der Waals surface area (Å²) in [5.74, 6) is -1.86. The van der Waals surface area contributed by atoms with E-state index in [0.29, 0.717) is 0 Å². The largest absolute Gasteiger partial charge is 0.496 e. The van der Waals surface area contributed by atoms with E-state index in [2.05, 4.69) is 15.1 Å². The molecule has 0 fully saturated rings. The van der Waals surface area contributed by atoms with E-state index in [-0.39, 0.29) is 22.9 Å². The number of rotatable bonds is 5. The number of carbonyl (C=O) groups is 2. The molecule has 0 atom stereocenters. The topological polar surface area (TPSA) is 95.7 Å². The van der Waals surface area contributed by atoms with Crippen molar-refractivity contribution in [1.29, 1.82) is 0 Å². The fourth-order valence-corrected chi connectivity index (χ4v) is 2.42. The Hall–Kier alpha value is -3.36. The Labute approximate surface area is 147 Å². The number of aryl methyl sites for hydroxylation is 2. The van der Waals surface area contributed by atoms with Crippen LogP contribution in [0.25, 0.3) is 5.78 Å². The zero-order chi connectivity index (χ0) is 18.8. The molecule has 0 bridgehead atoms. The number of aromatic nitrogens is 4. The highest BCUT2D eigenvalue weighted by molar-refractivity contribution is 6.01. The van der Waals surface area contributed by atoms with Crippen molar-refractivity contribution in [2.45, 2.75) is 13.8 Å². The van der Waals surface area contributed by atoms with Gasteiger partial charge < -0.3 is 9.47 Å². The van der Waals surface area contributed by atoms with E-state index < -0.39 is 24.2 Å². The number of carbonyl (C=O) groups excluding carboxylic acids is 2. The predicted molar refractivity (Wildman–Crippen MR) is 87.8 cm³/mol. The second-order valence-electron chi connectivity index (χ2n) is 5.53. The summed E-state index contributed by atoms with van der Waals surface area (Å²) in [5, 5.41) is 4.02. The third-order valence-electron chi connectivity index (χ3n) is 3.60. The number of methoxy groups -OCH3 is 1. The van der Waals surface area contributed by atoms with Gasteiger partial charge in [0.2, 0.25) is 5.78 Å². The fourth-order valence-electron chi connectivity index (χ4n) is 2.42. The number of Topliss-reactive ketones (excluding diaryl/α,β-unsaturated/α-hetero) is 1. The van der Waals surface area contributed by atoms with Crippen molar-refractivity contribution in [1.82, 2.24) is 19.6 Å². The zero-order valence-corrected chi connectivity index (χ0v) is 14.3. The van der Waals surface area contributed by atoms with Gasteiger partial charge in [-0.05, 0) is 38.1 Å². The second kappa shape index (κ2) is 6.87. The summed E-state index contributed by atoms with van der Waals surface area (Å²) in [5.41, 5.74) is 1.46. The van der Waals surface area contributed by atoms with E-state index >= 15 is 0 Å². The van der Waals surface area contributed by atoms with Crippen LogP contribution in [0.15, 0.2) is 24.3 Å². The summed E-state index contributed by atoms with van der Waals surface area (Å²) < 4.78 is 24.7. The van der Waals surface area contributed by atoms with Gasteiger partial charge >= 0.3 is 5.97 Å². The van der Waals surface area contributed by atoms with Crippen molar-refractivity contribution in [2.75, 3.05) is 13.7 Å². The first-order valence-electron chi connectivity index (χ1n) is 7.64. The number of benzene rings is 1. The first-order valence-corrected chi connectivity index (χ1v) is 7.64. The van der Waals surface area contributed by atoms with E-state index in [1.54, 1.807) is 19.9 Å². The number of hydrogen-bond donors (Lipinski definition) is 0. The van der Waals surface area contributed by atoms with Crippen molar-refractivity contribution < 1.29 is 23.5 Å². The second-order valence-corrected chi connectivity index (χ2v) is 5.53. The van der Waals surface area contributed by atoms with Gasteiger partial charge in [0.05, 0.1) is 12.7 Å². The van der Waals surface area contributed by atoms with Crippen LogP contribution in [0.3, 0.4) is 0 Å². The summed E-state index contributed by atoms with van der Waals surface area (Å²) in [4.78, 5) is 32.5. The zero-order valence-electron chi connectivity index (χ0n) is 14.3. The summed E-state index contributed by atoms with van der Waals surface area (Å²) in [6, 6.07) is 5.30. The molecule has 0 aliphatic rings. The molecule has 26 heavy (non-hydrogen) atoms. The van der Waals surface area contributed by atoms with Gasteiger partial charge in [-0.25, -0.2) is 18.7 Å². The van der Waals surface area contributed by atoms with Gasteiger partial charge in [0.1, 0.15) is 11.6 Å². The molecular formula is C17H15FN4O4. The van der Waals surface area contributed by atoms with E-state index in [1.165, 1.54) is 23.8 Å². The number of ether oxygens (including phenoxy) is 2. The highest BCUT2D eigenvalue weighted by atomic mass is 19.1. The molecule has 0 saturated heterocycles. The van der Waals surface area contributed by atoms with Gasteiger partial charge in [0, 0.05) is 11.4 Å². The van der Waals surface area contributed by atoms with Crippen LogP contribution >= 0.6 is 0 Å². The Balaban J connectivity index is 1.76. The molecule has 9 heteroatoms. The van der Waals surface area contributed by atoms with Gasteiger partial charge in [-0.15, -0.1) is 5.10 Å². The average molecular weight is 358 g/mol. The lowest BCUT2D eigenvalue weighted by molar-refractivity contribution is 0.0462. The lowest BCUT2D eigenvalue weighted by Gasteiger charge is -2.07. The van der Waals surface area contributed by atoms with Crippen molar-refractivity contribution >= 4 is 17.5 Å². The first kappa shape index (κ1) is 17.5. The molecule has 0 radical (unpaired) electrons. The Morgan fingerprint density at radius 2 is 1.96 bits per heavy atom. The fraction of sp³-hybridized carbons (Fsp3) is 0.235. The predicted octanol–water partition coefficient (Wildman–Crippen LogP) is 1.93. The standard InChI is InChI=1S/C17H15FN4O4/c1-9-6-10(2)22-17(19-9)20-15(21-22)16(24)26-8-13(23)12-7-11(18)4-5-14(12)25-3/h4-7H,8H2,1-3H3. The van der Waals surface area contributed by atoms with Crippen LogP contribution in [-0.2, 0) is 4.74 Å². The molecule has 0 spiro atoms. The first-order chi connectivity index (χ1) is 12.4. The third kappa shape index (κ3) is 3.37. The molecule has 8 nitrogen and oxygen atoms in total. The maximum atomic E-state index is 13.4. The number of ketones is 1. The molecule has 0 saturated carbocycles. The van der Waals surface area contributed by atoms with E-state index in [4.69, 9.17) is 9.47 Å². The van der Waals surface area contributed by atoms with Crippen LogP contribution in [0.2, 0.25) is 0 Å². The molecule has 134 valence electrons. The Kier molecular flexibility index (Phi) is 4.61. The lowest BCUT2D eigenvalue weighted by Crippen LogP contribution is -2.16. The quantitative estimate of drug-likeness (QED) is 0.508. The van der Waals surface area contributed by atoms with Gasteiger partial charge in [-0.1, -0.05) is 0 Å². The molecule has 0 aliphatic heterocycles. The molecule has 0 aliphatic carbocycles. The molecule has 1 aromatic carbocycles. The monoisotopic (exact) mass is 358 g/mol. The molecule has 0 unspecified atom stereocenters. The SMILES string of the molecule is COc1ccc(F)cc1C(=O)COC(=O)c1nc2nc(C)cc(C)n2n1. The minimum Gasteiger partial charge on any atom is -0.496 e. The van der Waals surface area contributed by atoms with Crippen molar-refractivity contribution in [3.05, 3.63) is 52.9 Å². The number of esters is 1. The summed E-state index contributed by atoms with van der Waals surface area (Å²) >= 11 is 0. The molecular weight excluding hydrogens is 343 g/mol. The van der Waals surface area contributed by atoms with Crippen LogP contribution in [0.4, 0.5) is 4.39 Å². The minimum atomic E-state index is -0.878. The number of fused-ring (bicyclic) bond motifs is 1. The molecule has 0 amide bonds. The Morgan fingerprint density at radius 1 is 1.19 bits per heavy atom. The van der Waals surface area contributed by atoms with Crippen LogP contribution in [-0.4, -0.2) is 45.1 Å². The van der Waals surface area contributed by atoms with E-state index in [0.717, 1.165) is 17.5 Å². The molecule has 2 aromatic heterocycles. The third-order valence-corrected chi connectivity index (χ3v) is 3.60. The normalized spacial score (nSPS) is 10.8. The van der Waals surface area contributed by atoms with Crippen molar-refractivity contribution in [3.8, 4) is 5.75 Å². The summed E-state index contributed by atoms with van der Waals surface area (Å²) in [7, 11) is 1.36. The van der Waals surface area contributed by atoms with Crippen molar-refractivity contribution in [3.63, 3.8) is 0 Å². The Morgan fingerprint density at radius 3 is 2.69 bits per heavy atom. The summed E-state index contributed by atoms with van der Waals surface area (Å²) in [6.45, 7) is 3.00. The van der Waals surface area contributed by atoms with Gasteiger partial charge in [-0.3, -0.25) is 4.79 Å². The lowest BCUT2D eigenvalue weighted by atomic mass is 10.1. The maximum Gasteiger partial charge on any atom is 0.378 e. The number of hydrogen-bond acceptors (Lipinski definition) is 7. The van der Waals surface area contributed by atoms with Crippen LogP contribution in [0, 0.1) is 19.7 Å². The number of halogens is 1. The highest BCUT2D eigenvalue weighted by Gasteiger charge is 2.20. The van der Waals surface area contributed by atoms with Crippen LogP contribution < -0.4 is 4.74 Å². The summed E-state index contributed by atoms with van der Waals surface area (Å²) in [6.07, 6.45) is 0. The van der Waals surface area contributed by atoms with Gasteiger partial charge in [-0.2, -0.15) is 4.98 Å². The maximum absolute atomic E-state index is 13.4. The van der Waals surface area contributed by atoms with Crippen LogP contribution in [0.1, 0.15) is 32.4 Å². The molecule has 2 heterocycles. The van der Waals surface area contributed by atoms with Gasteiger partial charge in [0.15, 0.2) is 6.61 Å². The highest BCUT2D eigenvalue weighted by Crippen LogP contribution is 2.20. The Bertz CT molecular complexity index is 1020. The van der Waals surface area contributed by atoms with E-state index in [1.807, 2.05) is 0 Å². The van der Waals surface area contributed by atoms with Crippen molar-refractivity contribution in [2.24, 2.45) is 0 Å². The van der Waals surface area contributed by atoms with Gasteiger partial charge in [0.25, 0.3) is 11.6 Å². The minimum absolute atomic E-state index is 0.0172.